The van der Waals surface area contributed by atoms with Crippen molar-refractivity contribution < 1.29 is 17.9 Å². The van der Waals surface area contributed by atoms with Gasteiger partial charge in [0.15, 0.2) is 5.75 Å². The summed E-state index contributed by atoms with van der Waals surface area (Å²) in [7, 11) is 2.16. The Balaban J connectivity index is 1.71. The minimum Gasteiger partial charge on any atom is -0.404 e. The third-order valence-electron chi connectivity index (χ3n) is 4.81. The number of hydrogen-bond acceptors (Lipinski definition) is 3. The van der Waals surface area contributed by atoms with Gasteiger partial charge in [0.2, 0.25) is 0 Å². The molecule has 0 radical (unpaired) electrons. The monoisotopic (exact) mass is 314 g/mol. The average Bonchev–Trinajstić information content (AvgIpc) is 2.40. The lowest BCUT2D eigenvalue weighted by molar-refractivity contribution is -0.274. The molecule has 3 nitrogen and oxygen atoms in total. The van der Waals surface area contributed by atoms with E-state index in [0.717, 1.165) is 12.8 Å². The Hall–Kier alpha value is -1.43. The van der Waals surface area contributed by atoms with Gasteiger partial charge in [0, 0.05) is 18.1 Å². The summed E-state index contributed by atoms with van der Waals surface area (Å²) in [6.07, 6.45) is 0.861. The number of benzene rings is 1. The van der Waals surface area contributed by atoms with Crippen LogP contribution in [0, 0.1) is 0 Å². The number of nitrogens with zero attached hydrogens (tertiary/aromatic N) is 1. The maximum absolute atomic E-state index is 12.5. The lowest BCUT2D eigenvalue weighted by Crippen LogP contribution is -2.52. The van der Waals surface area contributed by atoms with Gasteiger partial charge in [-0.1, -0.05) is 18.6 Å². The summed E-state index contributed by atoms with van der Waals surface area (Å²) >= 11 is 0. The molecule has 2 saturated heterocycles. The molecule has 1 aromatic rings. The first-order chi connectivity index (χ1) is 10.4. The number of hydrogen-bond donors (Lipinski definition) is 1. The SMILES string of the molecule is CN1C2CCCC1CC(Nc1ccccc1OC(F)(F)F)C2. The summed E-state index contributed by atoms with van der Waals surface area (Å²) in [6, 6.07) is 7.53. The van der Waals surface area contributed by atoms with Gasteiger partial charge in [-0.25, -0.2) is 0 Å². The lowest BCUT2D eigenvalue weighted by atomic mass is 9.82. The van der Waals surface area contributed by atoms with Crippen LogP contribution in [0.2, 0.25) is 0 Å². The molecule has 0 spiro atoms. The van der Waals surface area contributed by atoms with Gasteiger partial charge in [-0.15, -0.1) is 13.2 Å². The fourth-order valence-corrected chi connectivity index (χ4v) is 3.75. The summed E-state index contributed by atoms with van der Waals surface area (Å²) in [6.45, 7) is 0. The standard InChI is InChI=1S/C16H21F3N2O/c1-21-12-5-4-6-13(21)10-11(9-12)20-14-7-2-3-8-15(14)22-16(17,18)19/h2-3,7-8,11-13,20H,4-6,9-10H2,1H3. The quantitative estimate of drug-likeness (QED) is 0.912. The van der Waals surface area contributed by atoms with Crippen LogP contribution in [0.1, 0.15) is 32.1 Å². The highest BCUT2D eigenvalue weighted by Gasteiger charge is 2.37. The fraction of sp³-hybridized carbons (Fsp3) is 0.625. The molecular formula is C16H21F3N2O. The van der Waals surface area contributed by atoms with Crippen LogP contribution in [0.4, 0.5) is 18.9 Å². The number of anilines is 1. The molecule has 1 aromatic carbocycles. The molecule has 0 saturated carbocycles. The zero-order valence-electron chi connectivity index (χ0n) is 12.6. The Morgan fingerprint density at radius 1 is 1.14 bits per heavy atom. The second kappa shape index (κ2) is 5.99. The molecule has 2 heterocycles. The van der Waals surface area contributed by atoms with E-state index in [1.807, 2.05) is 0 Å². The molecule has 2 unspecified atom stereocenters. The number of para-hydroxylation sites is 2. The van der Waals surface area contributed by atoms with E-state index in [2.05, 4.69) is 22.0 Å². The summed E-state index contributed by atoms with van der Waals surface area (Å²) in [5.74, 6) is -0.154. The molecule has 2 atom stereocenters. The molecule has 3 rings (SSSR count). The molecule has 2 fully saturated rings. The number of alkyl halides is 3. The minimum atomic E-state index is -4.67. The second-order valence-electron chi connectivity index (χ2n) is 6.26. The molecule has 0 aliphatic carbocycles. The van der Waals surface area contributed by atoms with Crippen molar-refractivity contribution in [2.75, 3.05) is 12.4 Å². The maximum Gasteiger partial charge on any atom is 0.573 e. The van der Waals surface area contributed by atoms with Crippen molar-refractivity contribution in [3.8, 4) is 5.75 Å². The van der Waals surface area contributed by atoms with Gasteiger partial charge in [-0.05, 0) is 44.9 Å². The molecule has 2 bridgehead atoms. The highest BCUT2D eigenvalue weighted by atomic mass is 19.4. The van der Waals surface area contributed by atoms with Crippen molar-refractivity contribution in [3.63, 3.8) is 0 Å². The zero-order valence-corrected chi connectivity index (χ0v) is 12.6. The Morgan fingerprint density at radius 3 is 2.41 bits per heavy atom. The third-order valence-corrected chi connectivity index (χ3v) is 4.81. The van der Waals surface area contributed by atoms with Crippen LogP contribution in [0.25, 0.3) is 0 Å². The topological polar surface area (TPSA) is 24.5 Å². The van der Waals surface area contributed by atoms with Crippen LogP contribution in [0.5, 0.6) is 5.75 Å². The minimum absolute atomic E-state index is 0.154. The van der Waals surface area contributed by atoms with Crippen molar-refractivity contribution in [2.24, 2.45) is 0 Å². The van der Waals surface area contributed by atoms with E-state index in [1.54, 1.807) is 18.2 Å². The number of piperidine rings is 2. The predicted molar refractivity (Wildman–Crippen MR) is 79.0 cm³/mol. The molecule has 6 heteroatoms. The molecule has 1 N–H and O–H groups in total. The number of ether oxygens (including phenoxy) is 1. The normalized spacial score (nSPS) is 29.2. The molecule has 0 amide bonds. The van der Waals surface area contributed by atoms with Crippen molar-refractivity contribution >= 4 is 5.69 Å². The van der Waals surface area contributed by atoms with E-state index in [4.69, 9.17) is 0 Å². The van der Waals surface area contributed by atoms with Crippen LogP contribution in [-0.4, -0.2) is 36.4 Å². The van der Waals surface area contributed by atoms with Gasteiger partial charge in [0.05, 0.1) is 5.69 Å². The Morgan fingerprint density at radius 2 is 1.77 bits per heavy atom. The first-order valence-corrected chi connectivity index (χ1v) is 7.75. The van der Waals surface area contributed by atoms with Crippen LogP contribution in [-0.2, 0) is 0 Å². The first kappa shape index (κ1) is 15.5. The Kier molecular flexibility index (Phi) is 4.21. The summed E-state index contributed by atoms with van der Waals surface area (Å²) in [4.78, 5) is 2.43. The van der Waals surface area contributed by atoms with Gasteiger partial charge in [0.1, 0.15) is 0 Å². The van der Waals surface area contributed by atoms with E-state index >= 15 is 0 Å². The van der Waals surface area contributed by atoms with Crippen LogP contribution in [0.3, 0.4) is 0 Å². The van der Waals surface area contributed by atoms with Crippen LogP contribution in [0.15, 0.2) is 24.3 Å². The van der Waals surface area contributed by atoms with Gasteiger partial charge >= 0.3 is 6.36 Å². The van der Waals surface area contributed by atoms with Crippen molar-refractivity contribution in [1.82, 2.24) is 4.90 Å². The summed E-state index contributed by atoms with van der Waals surface area (Å²) in [5.41, 5.74) is 0.424. The van der Waals surface area contributed by atoms with Gasteiger partial charge in [-0.3, -0.25) is 0 Å². The average molecular weight is 314 g/mol. The van der Waals surface area contributed by atoms with Crippen molar-refractivity contribution in [3.05, 3.63) is 24.3 Å². The van der Waals surface area contributed by atoms with E-state index in [-0.39, 0.29) is 11.8 Å². The smallest absolute Gasteiger partial charge is 0.404 e. The van der Waals surface area contributed by atoms with Gasteiger partial charge in [0.25, 0.3) is 0 Å². The number of rotatable bonds is 3. The summed E-state index contributed by atoms with van der Waals surface area (Å²) < 4.78 is 41.6. The molecule has 122 valence electrons. The van der Waals surface area contributed by atoms with E-state index in [0.29, 0.717) is 17.8 Å². The predicted octanol–water partition coefficient (Wildman–Crippen LogP) is 4.01. The molecule has 2 aliphatic rings. The Bertz CT molecular complexity index is 506. The molecule has 22 heavy (non-hydrogen) atoms. The van der Waals surface area contributed by atoms with Crippen molar-refractivity contribution in [1.29, 1.82) is 0 Å². The first-order valence-electron chi connectivity index (χ1n) is 7.75. The van der Waals surface area contributed by atoms with E-state index < -0.39 is 6.36 Å². The van der Waals surface area contributed by atoms with E-state index in [9.17, 15) is 13.2 Å². The van der Waals surface area contributed by atoms with Crippen LogP contribution < -0.4 is 10.1 Å². The highest BCUT2D eigenvalue weighted by molar-refractivity contribution is 5.57. The maximum atomic E-state index is 12.5. The lowest BCUT2D eigenvalue weighted by Gasteiger charge is -2.47. The number of fused-ring (bicyclic) bond motifs is 2. The Labute approximate surface area is 128 Å². The van der Waals surface area contributed by atoms with E-state index in [1.165, 1.54) is 25.3 Å². The van der Waals surface area contributed by atoms with Crippen molar-refractivity contribution in [2.45, 2.75) is 56.6 Å². The second-order valence-corrected chi connectivity index (χ2v) is 6.26. The molecule has 0 aromatic heterocycles. The highest BCUT2D eigenvalue weighted by Crippen LogP contribution is 2.36. The third kappa shape index (κ3) is 3.48. The van der Waals surface area contributed by atoms with Gasteiger partial charge < -0.3 is 15.0 Å². The molecular weight excluding hydrogens is 293 g/mol. The molecule has 2 aliphatic heterocycles. The summed E-state index contributed by atoms with van der Waals surface area (Å²) in [5, 5.41) is 3.27. The number of halogens is 3. The van der Waals surface area contributed by atoms with Gasteiger partial charge in [-0.2, -0.15) is 0 Å². The zero-order chi connectivity index (χ0) is 15.7. The fourth-order valence-electron chi connectivity index (χ4n) is 3.75. The largest absolute Gasteiger partial charge is 0.573 e. The number of nitrogens with one attached hydrogen (secondary N) is 1. The van der Waals surface area contributed by atoms with Crippen LogP contribution >= 0.6 is 0 Å².